The molecular weight excluding hydrogens is 316 g/mol. The summed E-state index contributed by atoms with van der Waals surface area (Å²) >= 11 is 6.29. The summed E-state index contributed by atoms with van der Waals surface area (Å²) in [6, 6.07) is 24.8. The molecule has 0 radical (unpaired) electrons. The Balaban J connectivity index is 2.10. The van der Waals surface area contributed by atoms with Crippen LogP contribution in [0.4, 0.5) is 0 Å². The molecule has 114 valence electrons. The first-order valence-corrected chi connectivity index (χ1v) is 8.24. The Kier molecular flexibility index (Phi) is 2.88. The van der Waals surface area contributed by atoms with Gasteiger partial charge in [-0.25, -0.2) is 4.52 Å². The highest BCUT2D eigenvalue weighted by Crippen LogP contribution is 2.38. The van der Waals surface area contributed by atoms with Gasteiger partial charge in [-0.05, 0) is 23.8 Å². The Bertz CT molecular complexity index is 1210. The monoisotopic (exact) mass is 328 g/mol. The van der Waals surface area contributed by atoms with Gasteiger partial charge in [-0.15, -0.1) is 0 Å². The normalized spacial score (nSPS) is 11.5. The van der Waals surface area contributed by atoms with Gasteiger partial charge in [0.2, 0.25) is 0 Å². The molecule has 0 fully saturated rings. The Labute approximate surface area is 143 Å². The van der Waals surface area contributed by atoms with E-state index in [9.17, 15) is 0 Å². The van der Waals surface area contributed by atoms with E-state index in [1.165, 1.54) is 16.5 Å². The molecule has 0 aliphatic heterocycles. The van der Waals surface area contributed by atoms with Crippen LogP contribution in [0.5, 0.6) is 0 Å². The summed E-state index contributed by atoms with van der Waals surface area (Å²) in [6.07, 6.45) is 1.92. The molecule has 24 heavy (non-hydrogen) atoms. The zero-order valence-corrected chi connectivity index (χ0v) is 13.5. The van der Waals surface area contributed by atoms with Crippen molar-refractivity contribution in [1.29, 1.82) is 0 Å². The first-order valence-electron chi connectivity index (χ1n) is 7.86. The minimum atomic E-state index is 0.736. The van der Waals surface area contributed by atoms with Gasteiger partial charge in [-0.2, -0.15) is 5.10 Å². The quantitative estimate of drug-likeness (QED) is 0.371. The van der Waals surface area contributed by atoms with Crippen molar-refractivity contribution in [3.63, 3.8) is 0 Å². The molecule has 0 aliphatic rings. The van der Waals surface area contributed by atoms with Crippen molar-refractivity contribution in [2.75, 3.05) is 0 Å². The van der Waals surface area contributed by atoms with Gasteiger partial charge in [0.1, 0.15) is 0 Å². The van der Waals surface area contributed by atoms with Crippen LogP contribution in [-0.2, 0) is 0 Å². The molecule has 0 N–H and O–H groups in total. The molecule has 5 rings (SSSR count). The molecule has 2 aromatic heterocycles. The van der Waals surface area contributed by atoms with Crippen LogP contribution < -0.4 is 0 Å². The average Bonchev–Trinajstić information content (AvgIpc) is 2.96. The standard InChI is InChI=1S/C21H13ClN2/c22-16-10-11-19-18(12-16)20(14-6-2-1-3-7-14)21-17-9-5-4-8-15(17)13-23-24(19)21/h1-13H. The second-order valence-electron chi connectivity index (χ2n) is 5.89. The zero-order chi connectivity index (χ0) is 16.1. The first-order chi connectivity index (χ1) is 11.8. The van der Waals surface area contributed by atoms with Gasteiger partial charge in [-0.3, -0.25) is 0 Å². The molecule has 0 saturated carbocycles. The predicted molar refractivity (Wildman–Crippen MR) is 101 cm³/mol. The van der Waals surface area contributed by atoms with Crippen LogP contribution in [0.25, 0.3) is 38.3 Å². The third-order valence-corrected chi connectivity index (χ3v) is 4.73. The molecule has 0 atom stereocenters. The van der Waals surface area contributed by atoms with Crippen LogP contribution in [-0.4, -0.2) is 9.61 Å². The number of nitrogens with zero attached hydrogens (tertiary/aromatic N) is 2. The molecule has 2 heterocycles. The number of benzene rings is 3. The summed E-state index contributed by atoms with van der Waals surface area (Å²) in [7, 11) is 0. The highest BCUT2D eigenvalue weighted by Gasteiger charge is 2.16. The van der Waals surface area contributed by atoms with Crippen LogP contribution in [0, 0.1) is 0 Å². The van der Waals surface area contributed by atoms with Gasteiger partial charge in [0.25, 0.3) is 0 Å². The van der Waals surface area contributed by atoms with Crippen molar-refractivity contribution in [1.82, 2.24) is 9.61 Å². The highest BCUT2D eigenvalue weighted by atomic mass is 35.5. The zero-order valence-electron chi connectivity index (χ0n) is 12.8. The maximum Gasteiger partial charge on any atom is 0.0816 e. The SMILES string of the molecule is Clc1ccc2c(c1)c(-c1ccccc1)c1c3ccccc3cnn21. The molecule has 0 saturated heterocycles. The van der Waals surface area contributed by atoms with Crippen molar-refractivity contribution in [2.24, 2.45) is 0 Å². The Morgan fingerprint density at radius 2 is 1.58 bits per heavy atom. The van der Waals surface area contributed by atoms with E-state index in [2.05, 4.69) is 47.6 Å². The summed E-state index contributed by atoms with van der Waals surface area (Å²) < 4.78 is 2.02. The van der Waals surface area contributed by atoms with Crippen LogP contribution in [0.1, 0.15) is 0 Å². The second-order valence-corrected chi connectivity index (χ2v) is 6.33. The smallest absolute Gasteiger partial charge is 0.0816 e. The third kappa shape index (κ3) is 1.87. The number of hydrogen-bond donors (Lipinski definition) is 0. The van der Waals surface area contributed by atoms with Crippen LogP contribution in [0.15, 0.2) is 79.0 Å². The maximum atomic E-state index is 6.29. The summed E-state index contributed by atoms with van der Waals surface area (Å²) in [5, 5.41) is 8.87. The number of hydrogen-bond acceptors (Lipinski definition) is 1. The molecule has 3 aromatic carbocycles. The molecule has 5 aromatic rings. The third-order valence-electron chi connectivity index (χ3n) is 4.50. The summed E-state index contributed by atoms with van der Waals surface area (Å²) in [6.45, 7) is 0. The van der Waals surface area contributed by atoms with E-state index < -0.39 is 0 Å². The lowest BCUT2D eigenvalue weighted by Crippen LogP contribution is -1.91. The lowest BCUT2D eigenvalue weighted by Gasteiger charge is -2.05. The molecule has 0 spiro atoms. The van der Waals surface area contributed by atoms with Gasteiger partial charge >= 0.3 is 0 Å². The van der Waals surface area contributed by atoms with Gasteiger partial charge in [0, 0.05) is 26.7 Å². The van der Waals surface area contributed by atoms with Gasteiger partial charge in [-0.1, -0.05) is 66.2 Å². The van der Waals surface area contributed by atoms with Crippen molar-refractivity contribution < 1.29 is 0 Å². The first kappa shape index (κ1) is 13.6. The summed E-state index contributed by atoms with van der Waals surface area (Å²) in [4.78, 5) is 0. The average molecular weight is 329 g/mol. The molecule has 2 nitrogen and oxygen atoms in total. The number of aromatic nitrogens is 2. The predicted octanol–water partition coefficient (Wildman–Crippen LogP) is 5.96. The van der Waals surface area contributed by atoms with Crippen molar-refractivity contribution in [3.05, 3.63) is 84.0 Å². The van der Waals surface area contributed by atoms with E-state index >= 15 is 0 Å². The molecular formula is C21H13ClN2. The minimum Gasteiger partial charge on any atom is -0.232 e. The van der Waals surface area contributed by atoms with Crippen molar-refractivity contribution in [2.45, 2.75) is 0 Å². The van der Waals surface area contributed by atoms with E-state index in [1.54, 1.807) is 0 Å². The minimum absolute atomic E-state index is 0.736. The summed E-state index contributed by atoms with van der Waals surface area (Å²) in [5.41, 5.74) is 4.54. The van der Waals surface area contributed by atoms with E-state index in [1.807, 2.05) is 41.0 Å². The lowest BCUT2D eigenvalue weighted by atomic mass is 10.0. The largest absolute Gasteiger partial charge is 0.232 e. The van der Waals surface area contributed by atoms with Gasteiger partial charge < -0.3 is 0 Å². The molecule has 0 unspecified atom stereocenters. The molecule has 0 bridgehead atoms. The number of rotatable bonds is 1. The lowest BCUT2D eigenvalue weighted by molar-refractivity contribution is 0.988. The van der Waals surface area contributed by atoms with Crippen LogP contribution in [0.3, 0.4) is 0 Å². The van der Waals surface area contributed by atoms with Gasteiger partial charge in [0.15, 0.2) is 0 Å². The van der Waals surface area contributed by atoms with Crippen LogP contribution in [0.2, 0.25) is 5.02 Å². The molecule has 0 amide bonds. The second kappa shape index (κ2) is 5.08. The van der Waals surface area contributed by atoms with Crippen molar-refractivity contribution in [3.8, 4) is 11.1 Å². The van der Waals surface area contributed by atoms with E-state index in [4.69, 9.17) is 11.6 Å². The van der Waals surface area contributed by atoms with E-state index in [0.717, 1.165) is 26.8 Å². The topological polar surface area (TPSA) is 17.3 Å². The maximum absolute atomic E-state index is 6.29. The number of halogens is 1. The fourth-order valence-corrected chi connectivity index (χ4v) is 3.63. The fourth-order valence-electron chi connectivity index (χ4n) is 3.46. The molecule has 3 heteroatoms. The van der Waals surface area contributed by atoms with E-state index in [-0.39, 0.29) is 0 Å². The Hall–Kier alpha value is -2.84. The Morgan fingerprint density at radius 3 is 2.46 bits per heavy atom. The number of fused-ring (bicyclic) bond motifs is 5. The van der Waals surface area contributed by atoms with Gasteiger partial charge in [0.05, 0.1) is 17.2 Å². The highest BCUT2D eigenvalue weighted by molar-refractivity contribution is 6.31. The van der Waals surface area contributed by atoms with Crippen LogP contribution >= 0.6 is 11.6 Å². The Morgan fingerprint density at radius 1 is 0.792 bits per heavy atom. The summed E-state index contributed by atoms with van der Waals surface area (Å²) in [5.74, 6) is 0. The van der Waals surface area contributed by atoms with Crippen molar-refractivity contribution >= 4 is 38.8 Å². The molecule has 0 aliphatic carbocycles. The fraction of sp³-hybridized carbons (Fsp3) is 0. The van der Waals surface area contributed by atoms with E-state index in [0.29, 0.717) is 0 Å².